The van der Waals surface area contributed by atoms with Crippen molar-refractivity contribution in [2.45, 2.75) is 32.1 Å². The van der Waals surface area contributed by atoms with Crippen LogP contribution in [0.25, 0.3) is 0 Å². The molecule has 0 aromatic rings. The molecular weight excluding hydrogens is 200 g/mol. The molecule has 3 heteroatoms. The molecule has 0 aromatic carbocycles. The number of hydrogen-bond acceptors (Lipinski definition) is 2. The van der Waals surface area contributed by atoms with E-state index in [-0.39, 0.29) is 0 Å². The Morgan fingerprint density at radius 1 is 1.44 bits per heavy atom. The first kappa shape index (κ1) is 11.6. The van der Waals surface area contributed by atoms with Crippen molar-refractivity contribution < 1.29 is 4.79 Å². The maximum absolute atomic E-state index is 11.9. The molecule has 1 fully saturated rings. The van der Waals surface area contributed by atoms with Gasteiger partial charge < -0.3 is 10.2 Å². The smallest absolute Gasteiger partial charge is 0.222 e. The predicted octanol–water partition coefficient (Wildman–Crippen LogP) is 1.55. The van der Waals surface area contributed by atoms with Crippen molar-refractivity contribution in [3.63, 3.8) is 0 Å². The van der Waals surface area contributed by atoms with E-state index < -0.39 is 0 Å². The van der Waals surface area contributed by atoms with Gasteiger partial charge in [0.25, 0.3) is 0 Å². The van der Waals surface area contributed by atoms with Crippen LogP contribution in [-0.2, 0) is 4.79 Å². The van der Waals surface area contributed by atoms with Crippen LogP contribution in [0.5, 0.6) is 0 Å². The molecule has 2 aliphatic rings. The minimum absolute atomic E-state index is 0.343. The monoisotopic (exact) mass is 222 g/mol. The second-order valence-electron chi connectivity index (χ2n) is 4.85. The number of rotatable bonds is 3. The van der Waals surface area contributed by atoms with Gasteiger partial charge >= 0.3 is 0 Å². The summed E-state index contributed by atoms with van der Waals surface area (Å²) in [5, 5.41) is 3.40. The summed E-state index contributed by atoms with van der Waals surface area (Å²) < 4.78 is 0. The number of hydrogen-bond donors (Lipinski definition) is 1. The number of nitrogens with one attached hydrogen (secondary N) is 1. The van der Waals surface area contributed by atoms with Crippen molar-refractivity contribution >= 4 is 5.91 Å². The molecule has 0 spiro atoms. The van der Waals surface area contributed by atoms with Crippen LogP contribution in [0.2, 0.25) is 0 Å². The van der Waals surface area contributed by atoms with Crippen LogP contribution >= 0.6 is 0 Å². The van der Waals surface area contributed by atoms with E-state index in [1.165, 1.54) is 12.8 Å². The van der Waals surface area contributed by atoms with E-state index >= 15 is 0 Å². The third kappa shape index (κ3) is 3.34. The molecule has 0 saturated carbocycles. The number of amides is 1. The molecular formula is C13H22N2O. The average Bonchev–Trinajstić information content (AvgIpc) is 2.38. The highest BCUT2D eigenvalue weighted by molar-refractivity contribution is 5.76. The second-order valence-corrected chi connectivity index (χ2v) is 4.85. The van der Waals surface area contributed by atoms with Crippen LogP contribution in [0, 0.1) is 5.92 Å². The molecule has 1 amide bonds. The molecule has 1 N–H and O–H groups in total. The largest absolute Gasteiger partial charge is 0.339 e. The minimum atomic E-state index is 0.343. The average molecular weight is 222 g/mol. The summed E-state index contributed by atoms with van der Waals surface area (Å²) in [5.41, 5.74) is 0. The van der Waals surface area contributed by atoms with Gasteiger partial charge in [-0.2, -0.15) is 0 Å². The van der Waals surface area contributed by atoms with Crippen LogP contribution < -0.4 is 5.32 Å². The molecule has 2 aliphatic heterocycles. The SMILES string of the molecule is O=C(CCC1CCCNC1)N1CC=CCC1. The summed E-state index contributed by atoms with van der Waals surface area (Å²) >= 11 is 0. The van der Waals surface area contributed by atoms with Crippen molar-refractivity contribution in [2.75, 3.05) is 26.2 Å². The Kier molecular flexibility index (Phi) is 4.40. The number of carbonyl (C=O) groups excluding carboxylic acids is 1. The molecule has 1 unspecified atom stereocenters. The van der Waals surface area contributed by atoms with Gasteiger partial charge in [-0.25, -0.2) is 0 Å². The van der Waals surface area contributed by atoms with Crippen molar-refractivity contribution in [3.05, 3.63) is 12.2 Å². The third-order valence-corrected chi connectivity index (χ3v) is 3.58. The van der Waals surface area contributed by atoms with Gasteiger partial charge in [0, 0.05) is 19.5 Å². The molecule has 0 aliphatic carbocycles. The maximum Gasteiger partial charge on any atom is 0.222 e. The molecule has 0 bridgehead atoms. The fourth-order valence-corrected chi connectivity index (χ4v) is 2.52. The van der Waals surface area contributed by atoms with Gasteiger partial charge in [-0.15, -0.1) is 0 Å². The lowest BCUT2D eigenvalue weighted by molar-refractivity contribution is -0.131. The van der Waals surface area contributed by atoms with Crippen molar-refractivity contribution in [1.82, 2.24) is 10.2 Å². The number of nitrogens with zero attached hydrogens (tertiary/aromatic N) is 1. The standard InChI is InChI=1S/C13H22N2O/c16-13(15-9-2-1-3-10-15)7-6-12-5-4-8-14-11-12/h1-2,12,14H,3-11H2. The van der Waals surface area contributed by atoms with E-state index in [2.05, 4.69) is 17.5 Å². The highest BCUT2D eigenvalue weighted by atomic mass is 16.2. The van der Waals surface area contributed by atoms with Crippen LogP contribution in [0.15, 0.2) is 12.2 Å². The van der Waals surface area contributed by atoms with E-state index in [4.69, 9.17) is 0 Å². The molecule has 1 atom stereocenters. The molecule has 2 heterocycles. The fourth-order valence-electron chi connectivity index (χ4n) is 2.52. The molecule has 90 valence electrons. The molecule has 16 heavy (non-hydrogen) atoms. The van der Waals surface area contributed by atoms with Crippen molar-refractivity contribution in [1.29, 1.82) is 0 Å². The summed E-state index contributed by atoms with van der Waals surface area (Å²) in [6.45, 7) is 3.99. The third-order valence-electron chi connectivity index (χ3n) is 3.58. The lowest BCUT2D eigenvalue weighted by Crippen LogP contribution is -2.35. The summed E-state index contributed by atoms with van der Waals surface area (Å²) in [7, 11) is 0. The van der Waals surface area contributed by atoms with Gasteiger partial charge in [-0.3, -0.25) is 4.79 Å². The van der Waals surface area contributed by atoms with E-state index in [1.54, 1.807) is 0 Å². The predicted molar refractivity (Wildman–Crippen MR) is 65.2 cm³/mol. The van der Waals surface area contributed by atoms with Gasteiger partial charge in [0.2, 0.25) is 5.91 Å². The van der Waals surface area contributed by atoms with Gasteiger partial charge in [-0.1, -0.05) is 12.2 Å². The zero-order valence-corrected chi connectivity index (χ0v) is 9.95. The zero-order chi connectivity index (χ0) is 11.2. The Balaban J connectivity index is 1.68. The maximum atomic E-state index is 11.9. The number of carbonyl (C=O) groups is 1. The quantitative estimate of drug-likeness (QED) is 0.735. The van der Waals surface area contributed by atoms with Crippen LogP contribution in [0.1, 0.15) is 32.1 Å². The van der Waals surface area contributed by atoms with E-state index in [0.717, 1.165) is 51.4 Å². The van der Waals surface area contributed by atoms with E-state index in [0.29, 0.717) is 5.91 Å². The first-order valence-corrected chi connectivity index (χ1v) is 6.50. The normalized spacial score (nSPS) is 25.8. The van der Waals surface area contributed by atoms with Crippen LogP contribution in [0.3, 0.4) is 0 Å². The topological polar surface area (TPSA) is 32.3 Å². The van der Waals surface area contributed by atoms with Crippen LogP contribution in [0.4, 0.5) is 0 Å². The van der Waals surface area contributed by atoms with Gasteiger partial charge in [-0.05, 0) is 44.7 Å². The lowest BCUT2D eigenvalue weighted by atomic mass is 9.94. The Morgan fingerprint density at radius 2 is 2.38 bits per heavy atom. The second kappa shape index (κ2) is 6.04. The number of piperidine rings is 1. The molecule has 0 aromatic heterocycles. The first-order valence-electron chi connectivity index (χ1n) is 6.50. The summed E-state index contributed by atoms with van der Waals surface area (Å²) in [6, 6.07) is 0. The highest BCUT2D eigenvalue weighted by Crippen LogP contribution is 2.17. The fraction of sp³-hybridized carbons (Fsp3) is 0.769. The van der Waals surface area contributed by atoms with Gasteiger partial charge in [0.15, 0.2) is 0 Å². The summed E-state index contributed by atoms with van der Waals surface area (Å²) in [4.78, 5) is 13.9. The van der Waals surface area contributed by atoms with Gasteiger partial charge in [0.05, 0.1) is 0 Å². The van der Waals surface area contributed by atoms with Crippen LogP contribution in [-0.4, -0.2) is 37.0 Å². The lowest BCUT2D eigenvalue weighted by Gasteiger charge is -2.26. The molecule has 1 saturated heterocycles. The van der Waals surface area contributed by atoms with E-state index in [9.17, 15) is 4.79 Å². The minimum Gasteiger partial charge on any atom is -0.339 e. The first-order chi connectivity index (χ1) is 7.86. The Morgan fingerprint density at radius 3 is 3.06 bits per heavy atom. The summed E-state index contributed by atoms with van der Waals surface area (Å²) in [6.07, 6.45) is 9.65. The Labute approximate surface area is 97.9 Å². The Bertz CT molecular complexity index is 257. The highest BCUT2D eigenvalue weighted by Gasteiger charge is 2.17. The molecule has 0 radical (unpaired) electrons. The van der Waals surface area contributed by atoms with E-state index in [1.807, 2.05) is 4.90 Å². The molecule has 2 rings (SSSR count). The Hall–Kier alpha value is -0.830. The van der Waals surface area contributed by atoms with Crippen molar-refractivity contribution in [3.8, 4) is 0 Å². The zero-order valence-electron chi connectivity index (χ0n) is 9.95. The van der Waals surface area contributed by atoms with Gasteiger partial charge in [0.1, 0.15) is 0 Å². The van der Waals surface area contributed by atoms with Crippen molar-refractivity contribution in [2.24, 2.45) is 5.92 Å². The summed E-state index contributed by atoms with van der Waals surface area (Å²) in [5.74, 6) is 1.06. The molecule has 3 nitrogen and oxygen atoms in total.